The highest BCUT2D eigenvalue weighted by atomic mass is 32.2. The minimum Gasteiger partial charge on any atom is -0.396 e. The molecule has 2 aliphatic rings. The van der Waals surface area contributed by atoms with Crippen LogP contribution in [0.2, 0.25) is 0 Å². The molecule has 4 aromatic rings. The van der Waals surface area contributed by atoms with Crippen molar-refractivity contribution < 1.29 is 29.3 Å². The summed E-state index contributed by atoms with van der Waals surface area (Å²) < 4.78 is 13.2. The van der Waals surface area contributed by atoms with E-state index in [1.165, 1.54) is 4.90 Å². The van der Waals surface area contributed by atoms with Crippen LogP contribution in [0.1, 0.15) is 62.3 Å². The van der Waals surface area contributed by atoms with Crippen LogP contribution in [0.25, 0.3) is 11.1 Å². The number of fused-ring (bicyclic) bond motifs is 1. The molecule has 0 radical (unpaired) electrons. The molecule has 2 heterocycles. The van der Waals surface area contributed by atoms with Crippen molar-refractivity contribution in [1.29, 1.82) is 0 Å². The number of carbonyl (C=O) groups excluding carboxylic acids is 2. The monoisotopic (exact) mass is 609 g/mol. The Kier molecular flexibility index (Phi) is 9.25. The van der Waals surface area contributed by atoms with Gasteiger partial charge in [-0.25, -0.2) is 0 Å². The van der Waals surface area contributed by atoms with E-state index in [0.717, 1.165) is 39.1 Å². The normalized spacial score (nSPS) is 21.5. The van der Waals surface area contributed by atoms with Gasteiger partial charge in [0.1, 0.15) is 0 Å². The number of aliphatic hydroxyl groups excluding tert-OH is 2. The molecule has 226 valence electrons. The first kappa shape index (κ1) is 30.2. The molecule has 0 aromatic heterocycles. The van der Waals surface area contributed by atoms with Crippen molar-refractivity contribution >= 4 is 23.6 Å². The van der Waals surface area contributed by atoms with Crippen LogP contribution in [0.15, 0.2) is 97.1 Å². The van der Waals surface area contributed by atoms with E-state index < -0.39 is 6.29 Å². The fourth-order valence-electron chi connectivity index (χ4n) is 5.85. The van der Waals surface area contributed by atoms with E-state index in [-0.39, 0.29) is 49.7 Å². The first-order valence-corrected chi connectivity index (χ1v) is 16.0. The molecule has 44 heavy (non-hydrogen) atoms. The molecule has 8 heteroatoms. The zero-order chi connectivity index (χ0) is 30.6. The first-order valence-electron chi connectivity index (χ1n) is 14.8. The number of hydrogen-bond acceptors (Lipinski definition) is 7. The van der Waals surface area contributed by atoms with Gasteiger partial charge in [0.05, 0.1) is 43.1 Å². The highest BCUT2D eigenvalue weighted by Gasteiger charge is 2.38. The fraction of sp³-hybridized carbons (Fsp3) is 0.278. The molecule has 0 saturated carbocycles. The Morgan fingerprint density at radius 1 is 0.750 bits per heavy atom. The largest absolute Gasteiger partial charge is 0.396 e. The summed E-state index contributed by atoms with van der Waals surface area (Å²) in [5.74, 6) is 0.893. The maximum atomic E-state index is 12.9. The van der Waals surface area contributed by atoms with Crippen LogP contribution in [0.5, 0.6) is 0 Å². The summed E-state index contributed by atoms with van der Waals surface area (Å²) in [5, 5.41) is 18.8. The summed E-state index contributed by atoms with van der Waals surface area (Å²) >= 11 is 1.66. The van der Waals surface area contributed by atoms with E-state index in [1.807, 2.05) is 66.7 Å². The minimum atomic E-state index is -0.602. The van der Waals surface area contributed by atoms with Crippen LogP contribution in [0, 0.1) is 5.92 Å². The number of nitrogens with zero attached hydrogens (tertiary/aromatic N) is 1. The van der Waals surface area contributed by atoms with Gasteiger partial charge < -0.3 is 19.7 Å². The lowest BCUT2D eigenvalue weighted by molar-refractivity contribution is -0.268. The Hall–Kier alpha value is -3.79. The Bertz CT molecular complexity index is 1600. The lowest BCUT2D eigenvalue weighted by Crippen LogP contribution is -2.38. The number of benzene rings is 4. The SMILES string of the molecule is CC1C(CSCCO)OC(c2cccc(-c3cccc(CN4C(=O)c5ccccc5C4=O)c3)c2)OC1c1ccc(CO)cc1. The molecule has 2 N–H and O–H groups in total. The number of carbonyl (C=O) groups is 2. The molecular formula is C36H35NO6S. The standard InChI is InChI=1S/C36H35NO6S/c1-23-32(22-44-17-16-38)42-36(43-33(23)26-14-12-24(21-39)13-15-26)29-9-5-8-28(19-29)27-7-4-6-25(18-27)20-37-34(40)30-10-2-3-11-31(30)35(37)41/h2-15,18-19,23,32-33,36,38-39H,16-17,20-22H2,1H3. The second-order valence-corrected chi connectivity index (χ2v) is 12.3. The average molecular weight is 610 g/mol. The fourth-order valence-corrected chi connectivity index (χ4v) is 6.76. The highest BCUT2D eigenvalue weighted by Crippen LogP contribution is 2.43. The molecule has 7 nitrogen and oxygen atoms in total. The molecule has 0 bridgehead atoms. The molecule has 6 rings (SSSR count). The Morgan fingerprint density at radius 2 is 1.43 bits per heavy atom. The van der Waals surface area contributed by atoms with Crippen LogP contribution in [-0.4, -0.2) is 51.1 Å². The van der Waals surface area contributed by atoms with Gasteiger partial charge in [-0.3, -0.25) is 14.5 Å². The van der Waals surface area contributed by atoms with E-state index in [1.54, 1.807) is 36.0 Å². The summed E-state index contributed by atoms with van der Waals surface area (Å²) in [7, 11) is 0. The topological polar surface area (TPSA) is 96.3 Å². The van der Waals surface area contributed by atoms with Crippen LogP contribution in [0.4, 0.5) is 0 Å². The van der Waals surface area contributed by atoms with E-state index in [4.69, 9.17) is 9.47 Å². The van der Waals surface area contributed by atoms with Crippen molar-refractivity contribution in [3.8, 4) is 11.1 Å². The number of rotatable bonds is 10. The zero-order valence-corrected chi connectivity index (χ0v) is 25.3. The van der Waals surface area contributed by atoms with Crippen molar-refractivity contribution in [1.82, 2.24) is 4.90 Å². The highest BCUT2D eigenvalue weighted by molar-refractivity contribution is 7.99. The van der Waals surface area contributed by atoms with Gasteiger partial charge in [0.25, 0.3) is 11.8 Å². The molecule has 4 unspecified atom stereocenters. The van der Waals surface area contributed by atoms with Crippen LogP contribution >= 0.6 is 11.8 Å². The average Bonchev–Trinajstić information content (AvgIpc) is 3.30. The van der Waals surface area contributed by atoms with E-state index in [9.17, 15) is 19.8 Å². The molecule has 0 aliphatic carbocycles. The lowest BCUT2D eigenvalue weighted by Gasteiger charge is -2.41. The van der Waals surface area contributed by atoms with Crippen LogP contribution < -0.4 is 0 Å². The number of hydrogen-bond donors (Lipinski definition) is 2. The minimum absolute atomic E-state index is 0.0141. The number of aliphatic hydroxyl groups is 2. The quantitative estimate of drug-likeness (QED) is 0.164. The van der Waals surface area contributed by atoms with Crippen molar-refractivity contribution in [3.63, 3.8) is 0 Å². The summed E-state index contributed by atoms with van der Waals surface area (Å²) in [6.07, 6.45) is -0.915. The van der Waals surface area contributed by atoms with Gasteiger partial charge in [0.2, 0.25) is 0 Å². The molecular weight excluding hydrogens is 574 g/mol. The predicted molar refractivity (Wildman–Crippen MR) is 170 cm³/mol. The molecule has 1 fully saturated rings. The lowest BCUT2D eigenvalue weighted by atomic mass is 9.91. The van der Waals surface area contributed by atoms with Crippen molar-refractivity contribution in [2.24, 2.45) is 5.92 Å². The molecule has 4 aromatic carbocycles. The van der Waals surface area contributed by atoms with Crippen LogP contribution in [-0.2, 0) is 22.6 Å². The Labute approximate surface area is 261 Å². The summed E-state index contributed by atoms with van der Waals surface area (Å²) in [6.45, 7) is 2.42. The van der Waals surface area contributed by atoms with E-state index in [0.29, 0.717) is 16.9 Å². The van der Waals surface area contributed by atoms with E-state index in [2.05, 4.69) is 13.0 Å². The third-order valence-electron chi connectivity index (χ3n) is 8.28. The van der Waals surface area contributed by atoms with Crippen molar-refractivity contribution in [2.75, 3.05) is 18.1 Å². The molecule has 2 amide bonds. The van der Waals surface area contributed by atoms with E-state index >= 15 is 0 Å². The van der Waals surface area contributed by atoms with Gasteiger partial charge in [-0.05, 0) is 52.1 Å². The molecule has 0 spiro atoms. The Morgan fingerprint density at radius 3 is 2.11 bits per heavy atom. The van der Waals surface area contributed by atoms with Gasteiger partial charge in [0.15, 0.2) is 6.29 Å². The van der Waals surface area contributed by atoms with Gasteiger partial charge in [-0.1, -0.05) is 79.7 Å². The first-order chi connectivity index (χ1) is 21.5. The number of ether oxygens (including phenoxy) is 2. The Balaban J connectivity index is 1.24. The van der Waals surface area contributed by atoms with Crippen molar-refractivity contribution in [2.45, 2.75) is 38.6 Å². The second kappa shape index (κ2) is 13.5. The number of amides is 2. The zero-order valence-electron chi connectivity index (χ0n) is 24.5. The third-order valence-corrected chi connectivity index (χ3v) is 9.31. The summed E-state index contributed by atoms with van der Waals surface area (Å²) in [4.78, 5) is 27.2. The number of imide groups is 1. The molecule has 2 aliphatic heterocycles. The van der Waals surface area contributed by atoms with Gasteiger partial charge in [0, 0.05) is 23.0 Å². The van der Waals surface area contributed by atoms with Gasteiger partial charge >= 0.3 is 0 Å². The smallest absolute Gasteiger partial charge is 0.261 e. The second-order valence-electron chi connectivity index (χ2n) is 11.2. The molecule has 1 saturated heterocycles. The molecule has 4 atom stereocenters. The predicted octanol–water partition coefficient (Wildman–Crippen LogP) is 6.16. The van der Waals surface area contributed by atoms with Crippen molar-refractivity contribution in [3.05, 3.63) is 130 Å². The maximum absolute atomic E-state index is 12.9. The van der Waals surface area contributed by atoms with Gasteiger partial charge in [-0.2, -0.15) is 11.8 Å². The third kappa shape index (κ3) is 6.22. The maximum Gasteiger partial charge on any atom is 0.261 e. The summed E-state index contributed by atoms with van der Waals surface area (Å²) in [5.41, 5.74) is 6.42. The number of thioether (sulfide) groups is 1. The summed E-state index contributed by atoms with van der Waals surface area (Å²) in [6, 6.07) is 30.7. The van der Waals surface area contributed by atoms with Crippen LogP contribution in [0.3, 0.4) is 0 Å². The van der Waals surface area contributed by atoms with Gasteiger partial charge in [-0.15, -0.1) is 0 Å².